The number of aryl methyl sites for hydroxylation is 1. The molecule has 5 nitrogen and oxygen atoms in total. The van der Waals surface area contributed by atoms with Crippen LogP contribution in [0.4, 0.5) is 5.69 Å². The third-order valence-electron chi connectivity index (χ3n) is 5.43. The minimum absolute atomic E-state index is 0.144. The summed E-state index contributed by atoms with van der Waals surface area (Å²) in [5.41, 5.74) is 2.99. The minimum Gasteiger partial charge on any atom is -0.308 e. The van der Waals surface area contributed by atoms with Crippen molar-refractivity contribution in [2.75, 3.05) is 11.4 Å². The predicted molar refractivity (Wildman–Crippen MR) is 123 cm³/mol. The Morgan fingerprint density at radius 1 is 1.03 bits per heavy atom. The van der Waals surface area contributed by atoms with Gasteiger partial charge in [0.2, 0.25) is 10.0 Å². The molecule has 1 aliphatic rings. The number of nitrogens with one attached hydrogen (secondary N) is 1. The lowest BCUT2D eigenvalue weighted by Gasteiger charge is -2.30. The zero-order valence-corrected chi connectivity index (χ0v) is 18.7. The highest BCUT2D eigenvalue weighted by atomic mass is 35.5. The Kier molecular flexibility index (Phi) is 6.14. The van der Waals surface area contributed by atoms with Gasteiger partial charge in [-0.25, -0.2) is 13.1 Å². The lowest BCUT2D eigenvalue weighted by Crippen LogP contribution is -2.35. The molecule has 3 aromatic carbocycles. The Morgan fingerprint density at radius 2 is 1.81 bits per heavy atom. The van der Waals surface area contributed by atoms with Crippen LogP contribution in [0.25, 0.3) is 0 Å². The summed E-state index contributed by atoms with van der Waals surface area (Å²) < 4.78 is 28.7. The van der Waals surface area contributed by atoms with Crippen molar-refractivity contribution in [3.05, 3.63) is 94.5 Å². The highest BCUT2D eigenvalue weighted by Crippen LogP contribution is 2.31. The number of anilines is 1. The Balaban J connectivity index is 1.60. The Hall–Kier alpha value is -2.67. The molecule has 0 saturated heterocycles. The van der Waals surface area contributed by atoms with Gasteiger partial charge in [-0.1, -0.05) is 48.0 Å². The van der Waals surface area contributed by atoms with E-state index in [1.165, 1.54) is 0 Å². The van der Waals surface area contributed by atoms with Crippen LogP contribution in [0.1, 0.15) is 40.9 Å². The number of fused-ring (bicyclic) bond motifs is 1. The quantitative estimate of drug-likeness (QED) is 0.591. The van der Waals surface area contributed by atoms with Gasteiger partial charge in [0, 0.05) is 28.9 Å². The van der Waals surface area contributed by atoms with Crippen molar-refractivity contribution in [1.29, 1.82) is 0 Å². The fraction of sp³-hybridized carbons (Fsp3) is 0.208. The van der Waals surface area contributed by atoms with E-state index in [1.54, 1.807) is 47.4 Å². The van der Waals surface area contributed by atoms with Gasteiger partial charge in [0.05, 0.1) is 4.90 Å². The number of carbonyl (C=O) groups is 1. The van der Waals surface area contributed by atoms with E-state index < -0.39 is 10.0 Å². The SMILES string of the molecule is C[C@@H](NS(=O)(=O)c1ccc2c(c1)CCCN2C(=O)c1cccc(Cl)c1)c1ccccc1. The molecule has 0 aliphatic carbocycles. The highest BCUT2D eigenvalue weighted by molar-refractivity contribution is 7.89. The van der Waals surface area contributed by atoms with Crippen LogP contribution < -0.4 is 9.62 Å². The molecular weight excluding hydrogens is 432 g/mol. The Labute approximate surface area is 187 Å². The van der Waals surface area contributed by atoms with Crippen LogP contribution in [-0.2, 0) is 16.4 Å². The average Bonchev–Trinajstić information content (AvgIpc) is 2.78. The molecule has 4 rings (SSSR count). The number of carbonyl (C=O) groups excluding carboxylic acids is 1. The number of halogens is 1. The Bertz CT molecular complexity index is 1210. The van der Waals surface area contributed by atoms with Gasteiger partial charge in [-0.2, -0.15) is 0 Å². The van der Waals surface area contributed by atoms with Gasteiger partial charge in [0.15, 0.2) is 0 Å². The molecule has 1 amide bonds. The van der Waals surface area contributed by atoms with E-state index in [1.807, 2.05) is 37.3 Å². The second-order valence-electron chi connectivity index (χ2n) is 7.61. The summed E-state index contributed by atoms with van der Waals surface area (Å²) >= 11 is 6.04. The first kappa shape index (κ1) is 21.6. The van der Waals surface area contributed by atoms with Gasteiger partial charge in [-0.3, -0.25) is 4.79 Å². The van der Waals surface area contributed by atoms with Crippen molar-refractivity contribution in [2.45, 2.75) is 30.7 Å². The van der Waals surface area contributed by atoms with E-state index in [2.05, 4.69) is 4.72 Å². The van der Waals surface area contributed by atoms with Crippen LogP contribution in [0.15, 0.2) is 77.7 Å². The molecule has 0 aromatic heterocycles. The fourth-order valence-corrected chi connectivity index (χ4v) is 5.31. The van der Waals surface area contributed by atoms with Gasteiger partial charge in [-0.05, 0) is 67.3 Å². The van der Waals surface area contributed by atoms with E-state index in [9.17, 15) is 13.2 Å². The first-order valence-electron chi connectivity index (χ1n) is 10.1. The zero-order chi connectivity index (χ0) is 22.0. The molecule has 1 heterocycles. The molecule has 0 saturated carbocycles. The van der Waals surface area contributed by atoms with Crippen LogP contribution in [0.5, 0.6) is 0 Å². The van der Waals surface area contributed by atoms with Crippen LogP contribution >= 0.6 is 11.6 Å². The summed E-state index contributed by atoms with van der Waals surface area (Å²) in [5.74, 6) is -0.144. The van der Waals surface area contributed by atoms with Crippen LogP contribution in [-0.4, -0.2) is 20.9 Å². The molecule has 1 atom stereocenters. The van der Waals surface area contributed by atoms with E-state index in [-0.39, 0.29) is 16.8 Å². The van der Waals surface area contributed by atoms with Gasteiger partial charge in [-0.15, -0.1) is 0 Å². The zero-order valence-electron chi connectivity index (χ0n) is 17.1. The van der Waals surface area contributed by atoms with Gasteiger partial charge in [0.1, 0.15) is 0 Å². The average molecular weight is 455 g/mol. The number of sulfonamides is 1. The number of hydrogen-bond acceptors (Lipinski definition) is 3. The highest BCUT2D eigenvalue weighted by Gasteiger charge is 2.26. The van der Waals surface area contributed by atoms with E-state index >= 15 is 0 Å². The summed E-state index contributed by atoms with van der Waals surface area (Å²) in [4.78, 5) is 14.9. The van der Waals surface area contributed by atoms with Crippen molar-refractivity contribution in [3.63, 3.8) is 0 Å². The molecule has 0 radical (unpaired) electrons. The standard InChI is InChI=1S/C24H23ClN2O3S/c1-17(18-7-3-2-4-8-18)26-31(29,30)22-12-13-23-19(16-22)10-6-14-27(23)24(28)20-9-5-11-21(25)15-20/h2-5,7-9,11-13,15-17,26H,6,10,14H2,1H3/t17-/m1/s1. The number of hydrogen-bond donors (Lipinski definition) is 1. The van der Waals surface area contributed by atoms with Crippen molar-refractivity contribution < 1.29 is 13.2 Å². The summed E-state index contributed by atoms with van der Waals surface area (Å²) in [6.45, 7) is 2.39. The monoisotopic (exact) mass is 454 g/mol. The summed E-state index contributed by atoms with van der Waals surface area (Å²) in [6, 6.07) is 20.9. The second-order valence-corrected chi connectivity index (χ2v) is 9.77. The van der Waals surface area contributed by atoms with Crippen molar-refractivity contribution in [2.24, 2.45) is 0 Å². The molecule has 1 N–H and O–H groups in total. The molecule has 0 unspecified atom stereocenters. The van der Waals surface area contributed by atoms with Crippen molar-refractivity contribution in [1.82, 2.24) is 4.72 Å². The fourth-order valence-electron chi connectivity index (χ4n) is 3.84. The first-order chi connectivity index (χ1) is 14.8. The van der Waals surface area contributed by atoms with Crippen molar-refractivity contribution in [3.8, 4) is 0 Å². The minimum atomic E-state index is -3.71. The second kappa shape index (κ2) is 8.83. The maximum atomic E-state index is 13.0. The number of nitrogens with zero attached hydrogens (tertiary/aromatic N) is 1. The number of rotatable bonds is 5. The van der Waals surface area contributed by atoms with E-state index in [0.29, 0.717) is 23.6 Å². The summed E-state index contributed by atoms with van der Waals surface area (Å²) in [5, 5.41) is 0.503. The lowest BCUT2D eigenvalue weighted by molar-refractivity contribution is 0.0985. The smallest absolute Gasteiger partial charge is 0.258 e. The third-order valence-corrected chi connectivity index (χ3v) is 7.20. The molecule has 3 aromatic rings. The predicted octanol–water partition coefficient (Wildman–Crippen LogP) is 4.97. The number of benzene rings is 3. The number of amides is 1. The molecule has 0 bridgehead atoms. The Morgan fingerprint density at radius 3 is 2.55 bits per heavy atom. The van der Waals surface area contributed by atoms with Crippen LogP contribution in [0.3, 0.4) is 0 Å². The normalized spacial score (nSPS) is 14.7. The first-order valence-corrected chi connectivity index (χ1v) is 12.0. The summed E-state index contributed by atoms with van der Waals surface area (Å²) in [6.07, 6.45) is 1.48. The van der Waals surface area contributed by atoms with E-state index in [4.69, 9.17) is 11.6 Å². The molecular formula is C24H23ClN2O3S. The molecule has 31 heavy (non-hydrogen) atoms. The van der Waals surface area contributed by atoms with Crippen molar-refractivity contribution >= 4 is 33.2 Å². The third kappa shape index (κ3) is 4.66. The lowest BCUT2D eigenvalue weighted by atomic mass is 10.0. The largest absolute Gasteiger partial charge is 0.308 e. The van der Waals surface area contributed by atoms with Crippen LogP contribution in [0, 0.1) is 0 Å². The topological polar surface area (TPSA) is 66.5 Å². The van der Waals surface area contributed by atoms with Gasteiger partial charge in [0.25, 0.3) is 5.91 Å². The molecule has 0 fully saturated rings. The molecule has 0 spiro atoms. The van der Waals surface area contributed by atoms with Gasteiger partial charge < -0.3 is 4.90 Å². The van der Waals surface area contributed by atoms with Crippen LogP contribution in [0.2, 0.25) is 5.02 Å². The van der Waals surface area contributed by atoms with E-state index in [0.717, 1.165) is 23.2 Å². The maximum Gasteiger partial charge on any atom is 0.258 e. The van der Waals surface area contributed by atoms with Gasteiger partial charge >= 0.3 is 0 Å². The molecule has 160 valence electrons. The maximum absolute atomic E-state index is 13.0. The molecule has 7 heteroatoms. The summed E-state index contributed by atoms with van der Waals surface area (Å²) in [7, 11) is -3.71. The molecule has 1 aliphatic heterocycles.